The first kappa shape index (κ1) is 12.5. The molecule has 0 saturated heterocycles. The number of allylic oxidation sites excluding steroid dienone is 2. The molecule has 96 valence electrons. The predicted molar refractivity (Wildman–Crippen MR) is 78.5 cm³/mol. The molecule has 3 heterocycles. The molecule has 0 aromatic carbocycles. The lowest BCUT2D eigenvalue weighted by atomic mass is 10.2. The average molecular weight is 308 g/mol. The van der Waals surface area contributed by atoms with Crippen molar-refractivity contribution in [2.45, 2.75) is 0 Å². The van der Waals surface area contributed by atoms with Gasteiger partial charge in [0.05, 0.1) is 9.81 Å². The number of carbonyl (C=O) groups is 1. The molecule has 3 nitrogen and oxygen atoms in total. The van der Waals surface area contributed by atoms with Crippen LogP contribution < -0.4 is 0 Å². The molecule has 0 bridgehead atoms. The number of hydrogen-bond donors (Lipinski definition) is 0. The van der Waals surface area contributed by atoms with Crippen LogP contribution in [0, 0.1) is 0 Å². The van der Waals surface area contributed by atoms with Crippen LogP contribution in [0.4, 0.5) is 0 Å². The Balaban J connectivity index is 2.18. The highest BCUT2D eigenvalue weighted by Gasteiger charge is 2.31. The summed E-state index contributed by atoms with van der Waals surface area (Å²) in [6.45, 7) is 0. The minimum atomic E-state index is -3.63. The lowest BCUT2D eigenvalue weighted by molar-refractivity contribution is -0.110. The second-order valence-electron chi connectivity index (χ2n) is 3.95. The van der Waals surface area contributed by atoms with E-state index >= 15 is 0 Å². The van der Waals surface area contributed by atoms with Crippen molar-refractivity contribution in [3.05, 3.63) is 56.9 Å². The minimum absolute atomic E-state index is 0.0856. The number of carbonyl (C=O) groups excluding carboxylic acids is 1. The van der Waals surface area contributed by atoms with Crippen molar-refractivity contribution in [1.29, 1.82) is 0 Å². The van der Waals surface area contributed by atoms with E-state index in [4.69, 9.17) is 0 Å². The van der Waals surface area contributed by atoms with Crippen molar-refractivity contribution in [2.24, 2.45) is 0 Å². The van der Waals surface area contributed by atoms with Crippen molar-refractivity contribution < 1.29 is 13.2 Å². The summed E-state index contributed by atoms with van der Waals surface area (Å²) in [5, 5.41) is 7.04. The zero-order valence-corrected chi connectivity index (χ0v) is 12.0. The monoisotopic (exact) mass is 308 g/mol. The molecule has 0 aliphatic carbocycles. The maximum absolute atomic E-state index is 12.6. The van der Waals surface area contributed by atoms with Gasteiger partial charge in [0.1, 0.15) is 0 Å². The third kappa shape index (κ3) is 2.11. The molecule has 0 unspecified atom stereocenters. The Hall–Kier alpha value is -1.50. The molecule has 1 aliphatic heterocycles. The van der Waals surface area contributed by atoms with Gasteiger partial charge in [-0.2, -0.15) is 22.7 Å². The van der Waals surface area contributed by atoms with Gasteiger partial charge in [0.15, 0.2) is 5.78 Å². The van der Waals surface area contributed by atoms with Crippen LogP contribution in [-0.2, 0) is 14.6 Å². The molecule has 2 aromatic heterocycles. The van der Waals surface area contributed by atoms with E-state index in [2.05, 4.69) is 0 Å². The van der Waals surface area contributed by atoms with Crippen LogP contribution in [0.2, 0.25) is 0 Å². The molecule has 0 saturated carbocycles. The smallest absolute Gasteiger partial charge is 0.208 e. The number of ketones is 1. The predicted octanol–water partition coefficient (Wildman–Crippen LogP) is 3.19. The zero-order valence-electron chi connectivity index (χ0n) is 9.57. The van der Waals surface area contributed by atoms with Gasteiger partial charge in [0.2, 0.25) is 9.84 Å². The third-order valence-electron chi connectivity index (χ3n) is 2.74. The highest BCUT2D eigenvalue weighted by molar-refractivity contribution is 8.09. The molecule has 19 heavy (non-hydrogen) atoms. The minimum Gasteiger partial charge on any atom is -0.290 e. The van der Waals surface area contributed by atoms with Gasteiger partial charge in [0.25, 0.3) is 0 Å². The number of sulfone groups is 1. The highest BCUT2D eigenvalue weighted by Crippen LogP contribution is 2.37. The summed E-state index contributed by atoms with van der Waals surface area (Å²) in [6.07, 6.45) is 2.38. The van der Waals surface area contributed by atoms with E-state index in [1.54, 1.807) is 33.7 Å². The summed E-state index contributed by atoms with van der Waals surface area (Å²) in [6, 6.07) is 3.41. The van der Waals surface area contributed by atoms with Crippen LogP contribution in [0.3, 0.4) is 0 Å². The Morgan fingerprint density at radius 2 is 1.32 bits per heavy atom. The third-order valence-corrected chi connectivity index (χ3v) is 5.97. The Morgan fingerprint density at radius 1 is 0.842 bits per heavy atom. The zero-order chi connectivity index (χ0) is 13.5. The Labute approximate surface area is 118 Å². The fourth-order valence-electron chi connectivity index (χ4n) is 1.86. The molecule has 3 rings (SSSR count). The van der Waals surface area contributed by atoms with Crippen molar-refractivity contribution in [3.8, 4) is 0 Å². The van der Waals surface area contributed by atoms with E-state index in [0.717, 1.165) is 0 Å². The number of thiophene rings is 2. The van der Waals surface area contributed by atoms with E-state index < -0.39 is 9.84 Å². The van der Waals surface area contributed by atoms with E-state index in [1.165, 1.54) is 34.8 Å². The molecule has 6 heteroatoms. The quantitative estimate of drug-likeness (QED) is 0.856. The standard InChI is InChI=1S/C13H8O3S3/c14-11-5-12(9-1-3-17-7-9)19(15,16)13(6-11)10-2-4-18-8-10/h1-8H. The SMILES string of the molecule is O=C1C=C(c2ccsc2)S(=O)(=O)C(c2ccsc2)=C1. The van der Waals surface area contributed by atoms with Gasteiger partial charge in [-0.1, -0.05) is 0 Å². The molecule has 0 spiro atoms. The second-order valence-corrected chi connectivity index (χ2v) is 7.39. The van der Waals surface area contributed by atoms with Crippen LogP contribution in [0.15, 0.2) is 45.8 Å². The van der Waals surface area contributed by atoms with Crippen molar-refractivity contribution in [3.63, 3.8) is 0 Å². The molecular formula is C13H8O3S3. The Morgan fingerprint density at radius 3 is 1.68 bits per heavy atom. The van der Waals surface area contributed by atoms with E-state index in [-0.39, 0.29) is 15.6 Å². The van der Waals surface area contributed by atoms with E-state index in [9.17, 15) is 13.2 Å². The fourth-order valence-corrected chi connectivity index (χ4v) is 4.98. The van der Waals surface area contributed by atoms with Gasteiger partial charge >= 0.3 is 0 Å². The highest BCUT2D eigenvalue weighted by atomic mass is 32.2. The van der Waals surface area contributed by atoms with E-state index in [0.29, 0.717) is 11.1 Å². The Bertz CT molecular complexity index is 716. The lowest BCUT2D eigenvalue weighted by Crippen LogP contribution is -2.12. The molecule has 1 aliphatic rings. The van der Waals surface area contributed by atoms with Gasteiger partial charge in [-0.15, -0.1) is 0 Å². The van der Waals surface area contributed by atoms with E-state index in [1.807, 2.05) is 0 Å². The summed E-state index contributed by atoms with van der Waals surface area (Å²) in [7, 11) is -3.63. The molecule has 0 atom stereocenters. The normalized spacial score (nSPS) is 18.0. The van der Waals surface area contributed by atoms with Crippen LogP contribution in [0.25, 0.3) is 9.81 Å². The molecule has 2 aromatic rings. The number of hydrogen-bond acceptors (Lipinski definition) is 5. The summed E-state index contributed by atoms with van der Waals surface area (Å²) < 4.78 is 25.2. The van der Waals surface area contributed by atoms with Gasteiger partial charge in [-0.25, -0.2) is 8.42 Å². The molecular weight excluding hydrogens is 300 g/mol. The Kier molecular flexibility index (Phi) is 3.00. The van der Waals surface area contributed by atoms with Crippen molar-refractivity contribution in [1.82, 2.24) is 0 Å². The largest absolute Gasteiger partial charge is 0.290 e. The molecule has 0 fully saturated rings. The van der Waals surface area contributed by atoms with Crippen LogP contribution in [-0.4, -0.2) is 14.2 Å². The van der Waals surface area contributed by atoms with Crippen LogP contribution in [0.1, 0.15) is 11.1 Å². The first-order valence-corrected chi connectivity index (χ1v) is 8.73. The van der Waals surface area contributed by atoms with Gasteiger partial charge in [-0.3, -0.25) is 4.79 Å². The first-order valence-electron chi connectivity index (χ1n) is 5.36. The van der Waals surface area contributed by atoms with Crippen molar-refractivity contribution in [2.75, 3.05) is 0 Å². The maximum Gasteiger partial charge on any atom is 0.208 e. The van der Waals surface area contributed by atoms with Gasteiger partial charge < -0.3 is 0 Å². The fraction of sp³-hybridized carbons (Fsp3) is 0. The maximum atomic E-state index is 12.6. The average Bonchev–Trinajstić information content (AvgIpc) is 3.03. The van der Waals surface area contributed by atoms with Gasteiger partial charge in [-0.05, 0) is 33.7 Å². The first-order chi connectivity index (χ1) is 9.09. The summed E-state index contributed by atoms with van der Waals surface area (Å²) in [5.74, 6) is -0.294. The summed E-state index contributed by atoms with van der Waals surface area (Å²) in [4.78, 5) is 11.9. The summed E-state index contributed by atoms with van der Waals surface area (Å²) >= 11 is 2.80. The van der Waals surface area contributed by atoms with Crippen molar-refractivity contribution >= 4 is 48.1 Å². The number of rotatable bonds is 2. The van der Waals surface area contributed by atoms with Crippen LogP contribution >= 0.6 is 22.7 Å². The van der Waals surface area contributed by atoms with Crippen LogP contribution in [0.5, 0.6) is 0 Å². The second kappa shape index (κ2) is 4.56. The van der Waals surface area contributed by atoms with Gasteiger partial charge in [0, 0.05) is 23.3 Å². The lowest BCUT2D eigenvalue weighted by Gasteiger charge is -2.14. The molecule has 0 radical (unpaired) electrons. The summed E-state index contributed by atoms with van der Waals surface area (Å²) in [5.41, 5.74) is 1.14. The molecule has 0 N–H and O–H groups in total. The topological polar surface area (TPSA) is 51.2 Å². The molecule has 0 amide bonds.